The molecule has 2 aromatic rings. The number of hydrogen-bond acceptors (Lipinski definition) is 5. The predicted molar refractivity (Wildman–Crippen MR) is 97.9 cm³/mol. The molecule has 2 heterocycles. The van der Waals surface area contributed by atoms with Crippen molar-refractivity contribution in [2.75, 3.05) is 35.3 Å². The van der Waals surface area contributed by atoms with Crippen LogP contribution in [0.3, 0.4) is 0 Å². The Kier molecular flexibility index (Phi) is 4.12. The molecule has 2 aliphatic rings. The molecule has 7 heteroatoms. The lowest BCUT2D eigenvalue weighted by molar-refractivity contribution is -0.122. The molecule has 2 aliphatic heterocycles. The molecule has 2 N–H and O–H groups in total. The average molecular weight is 353 g/mol. The van der Waals surface area contributed by atoms with Gasteiger partial charge in [-0.05, 0) is 31.2 Å². The van der Waals surface area contributed by atoms with Crippen molar-refractivity contribution in [1.82, 2.24) is 0 Å². The Morgan fingerprint density at radius 1 is 1.15 bits per heavy atom. The van der Waals surface area contributed by atoms with E-state index in [1.165, 1.54) is 4.90 Å². The molecule has 0 saturated carbocycles. The lowest BCUT2D eigenvalue weighted by Gasteiger charge is -2.31. The molecule has 134 valence electrons. The Bertz CT molecular complexity index is 868. The number of carbonyl (C=O) groups excluding carboxylic acids is 2. The van der Waals surface area contributed by atoms with Crippen molar-refractivity contribution < 1.29 is 19.1 Å². The number of fused-ring (bicyclic) bond motifs is 2. The first-order valence-electron chi connectivity index (χ1n) is 8.48. The van der Waals surface area contributed by atoms with E-state index in [-0.39, 0.29) is 18.4 Å². The van der Waals surface area contributed by atoms with Gasteiger partial charge in [-0.2, -0.15) is 0 Å². The van der Waals surface area contributed by atoms with Crippen LogP contribution in [0.15, 0.2) is 42.5 Å². The SMILES string of the molecule is C[C@@H](Nc1ccc2c(c1)OCCO2)C(=O)N1CC(=O)Nc2ccccc21. The maximum absolute atomic E-state index is 12.9. The quantitative estimate of drug-likeness (QED) is 0.885. The van der Waals surface area contributed by atoms with Crippen LogP contribution in [0.1, 0.15) is 6.92 Å². The van der Waals surface area contributed by atoms with Gasteiger partial charge in [0.25, 0.3) is 0 Å². The van der Waals surface area contributed by atoms with Crippen LogP contribution in [0.2, 0.25) is 0 Å². The zero-order chi connectivity index (χ0) is 18.1. The van der Waals surface area contributed by atoms with E-state index in [0.717, 1.165) is 5.69 Å². The minimum Gasteiger partial charge on any atom is -0.486 e. The summed E-state index contributed by atoms with van der Waals surface area (Å²) in [4.78, 5) is 26.4. The number of hydrogen-bond donors (Lipinski definition) is 2. The first kappa shape index (κ1) is 16.3. The van der Waals surface area contributed by atoms with Crippen LogP contribution in [0.5, 0.6) is 11.5 Å². The predicted octanol–water partition coefficient (Wildman–Crippen LogP) is 2.24. The van der Waals surface area contributed by atoms with Gasteiger partial charge < -0.3 is 20.1 Å². The molecule has 7 nitrogen and oxygen atoms in total. The molecule has 2 aromatic carbocycles. The lowest BCUT2D eigenvalue weighted by Crippen LogP contribution is -2.47. The molecule has 0 aliphatic carbocycles. The number of para-hydroxylation sites is 2. The third-order valence-corrected chi connectivity index (χ3v) is 4.33. The summed E-state index contributed by atoms with van der Waals surface area (Å²) in [5, 5.41) is 5.96. The standard InChI is InChI=1S/C19H19N3O4/c1-12(20-13-6-7-16-17(10-13)26-9-8-25-16)19(24)22-11-18(23)21-14-4-2-3-5-15(14)22/h2-7,10,12,20H,8-9,11H2,1H3,(H,21,23)/t12-/m1/s1. The second-order valence-electron chi connectivity index (χ2n) is 6.21. The zero-order valence-corrected chi connectivity index (χ0v) is 14.3. The highest BCUT2D eigenvalue weighted by Gasteiger charge is 2.29. The van der Waals surface area contributed by atoms with Crippen LogP contribution in [-0.4, -0.2) is 37.6 Å². The summed E-state index contributed by atoms with van der Waals surface area (Å²) in [5.41, 5.74) is 2.10. The van der Waals surface area contributed by atoms with E-state index in [1.807, 2.05) is 36.4 Å². The fourth-order valence-corrected chi connectivity index (χ4v) is 3.11. The maximum Gasteiger partial charge on any atom is 0.249 e. The van der Waals surface area contributed by atoms with E-state index in [0.29, 0.717) is 36.1 Å². The second-order valence-corrected chi connectivity index (χ2v) is 6.21. The second kappa shape index (κ2) is 6.59. The summed E-state index contributed by atoms with van der Waals surface area (Å²) in [5.74, 6) is 0.969. The molecule has 0 radical (unpaired) electrons. The van der Waals surface area contributed by atoms with Crippen LogP contribution >= 0.6 is 0 Å². The number of carbonyl (C=O) groups is 2. The normalized spacial score (nSPS) is 16.3. The number of anilines is 3. The Morgan fingerprint density at radius 2 is 1.92 bits per heavy atom. The Labute approximate surface area is 150 Å². The van der Waals surface area contributed by atoms with Gasteiger partial charge in [-0.3, -0.25) is 14.5 Å². The molecule has 0 fully saturated rings. The number of nitrogens with one attached hydrogen (secondary N) is 2. The Morgan fingerprint density at radius 3 is 2.77 bits per heavy atom. The lowest BCUT2D eigenvalue weighted by atomic mass is 10.1. The number of rotatable bonds is 3. The molecule has 0 saturated heterocycles. The van der Waals surface area contributed by atoms with Crippen LogP contribution in [-0.2, 0) is 9.59 Å². The summed E-state index contributed by atoms with van der Waals surface area (Å²) >= 11 is 0. The summed E-state index contributed by atoms with van der Waals surface area (Å²) in [6.07, 6.45) is 0. The molecular weight excluding hydrogens is 334 g/mol. The van der Waals surface area contributed by atoms with Crippen molar-refractivity contribution in [1.29, 1.82) is 0 Å². The largest absolute Gasteiger partial charge is 0.486 e. The first-order chi connectivity index (χ1) is 12.6. The highest BCUT2D eigenvalue weighted by molar-refractivity contribution is 6.11. The molecule has 0 bridgehead atoms. The van der Waals surface area contributed by atoms with Crippen molar-refractivity contribution in [3.05, 3.63) is 42.5 Å². The third-order valence-electron chi connectivity index (χ3n) is 4.33. The molecular formula is C19H19N3O4. The van der Waals surface area contributed by atoms with Gasteiger partial charge in [0.2, 0.25) is 11.8 Å². The van der Waals surface area contributed by atoms with Gasteiger partial charge in [0.05, 0.1) is 11.4 Å². The monoisotopic (exact) mass is 353 g/mol. The highest BCUT2D eigenvalue weighted by atomic mass is 16.6. The molecule has 1 atom stereocenters. The molecule has 26 heavy (non-hydrogen) atoms. The molecule has 0 unspecified atom stereocenters. The molecule has 0 aromatic heterocycles. The topological polar surface area (TPSA) is 79.9 Å². The zero-order valence-electron chi connectivity index (χ0n) is 14.3. The number of benzene rings is 2. The van der Waals surface area contributed by atoms with Crippen LogP contribution < -0.4 is 25.0 Å². The Hall–Kier alpha value is -3.22. The minimum absolute atomic E-state index is 0.00298. The molecule has 2 amide bonds. The smallest absolute Gasteiger partial charge is 0.249 e. The van der Waals surface area contributed by atoms with Crippen LogP contribution in [0, 0.1) is 0 Å². The van der Waals surface area contributed by atoms with Gasteiger partial charge >= 0.3 is 0 Å². The summed E-state index contributed by atoms with van der Waals surface area (Å²) in [6, 6.07) is 12.2. The average Bonchev–Trinajstić information content (AvgIpc) is 2.66. The van der Waals surface area contributed by atoms with Gasteiger partial charge in [-0.15, -0.1) is 0 Å². The summed E-state index contributed by atoms with van der Waals surface area (Å²) < 4.78 is 11.1. The summed E-state index contributed by atoms with van der Waals surface area (Å²) in [6.45, 7) is 2.81. The Balaban J connectivity index is 1.52. The van der Waals surface area contributed by atoms with Gasteiger partial charge in [-0.1, -0.05) is 12.1 Å². The van der Waals surface area contributed by atoms with Gasteiger partial charge in [0.15, 0.2) is 11.5 Å². The van der Waals surface area contributed by atoms with Gasteiger partial charge in [0.1, 0.15) is 25.8 Å². The third kappa shape index (κ3) is 3.03. The number of amides is 2. The van der Waals surface area contributed by atoms with Gasteiger partial charge in [0, 0.05) is 11.8 Å². The van der Waals surface area contributed by atoms with E-state index in [4.69, 9.17) is 9.47 Å². The summed E-state index contributed by atoms with van der Waals surface area (Å²) in [7, 11) is 0. The first-order valence-corrected chi connectivity index (χ1v) is 8.48. The van der Waals surface area contributed by atoms with E-state index in [1.54, 1.807) is 13.0 Å². The van der Waals surface area contributed by atoms with Crippen molar-refractivity contribution in [3.8, 4) is 11.5 Å². The van der Waals surface area contributed by atoms with E-state index >= 15 is 0 Å². The van der Waals surface area contributed by atoms with E-state index in [9.17, 15) is 9.59 Å². The number of ether oxygens (including phenoxy) is 2. The fraction of sp³-hybridized carbons (Fsp3) is 0.263. The van der Waals surface area contributed by atoms with Gasteiger partial charge in [-0.25, -0.2) is 0 Å². The van der Waals surface area contributed by atoms with Crippen molar-refractivity contribution in [3.63, 3.8) is 0 Å². The maximum atomic E-state index is 12.9. The minimum atomic E-state index is -0.517. The van der Waals surface area contributed by atoms with Crippen molar-refractivity contribution in [2.45, 2.75) is 13.0 Å². The highest BCUT2D eigenvalue weighted by Crippen LogP contribution is 2.33. The van der Waals surface area contributed by atoms with Crippen molar-refractivity contribution >= 4 is 28.9 Å². The molecule has 4 rings (SSSR count). The number of nitrogens with zero attached hydrogens (tertiary/aromatic N) is 1. The van der Waals surface area contributed by atoms with E-state index < -0.39 is 6.04 Å². The van der Waals surface area contributed by atoms with Crippen molar-refractivity contribution in [2.24, 2.45) is 0 Å². The fourth-order valence-electron chi connectivity index (χ4n) is 3.11. The van der Waals surface area contributed by atoms with Crippen LogP contribution in [0.25, 0.3) is 0 Å². The molecule has 0 spiro atoms. The van der Waals surface area contributed by atoms with Crippen LogP contribution in [0.4, 0.5) is 17.1 Å². The van der Waals surface area contributed by atoms with E-state index in [2.05, 4.69) is 10.6 Å².